The fourth-order valence-electron chi connectivity index (χ4n) is 2.26. The van der Waals surface area contributed by atoms with Crippen LogP contribution in [0.15, 0.2) is 18.2 Å². The fourth-order valence-corrected chi connectivity index (χ4v) is 3.07. The van der Waals surface area contributed by atoms with Gasteiger partial charge in [-0.25, -0.2) is 4.98 Å². The van der Waals surface area contributed by atoms with Crippen LogP contribution in [0.4, 0.5) is 0 Å². The average Bonchev–Trinajstić information content (AvgIpc) is 2.67. The number of rotatable bonds is 4. The highest BCUT2D eigenvalue weighted by molar-refractivity contribution is 7.18. The lowest BCUT2D eigenvalue weighted by Gasteiger charge is -2.25. The third-order valence-electron chi connectivity index (χ3n) is 3.19. The molecule has 0 amide bonds. The van der Waals surface area contributed by atoms with Gasteiger partial charge in [-0.05, 0) is 38.7 Å². The Bertz CT molecular complexity index is 602. The SMILES string of the molecule is C.Cc1nc2cc(C(C(=O)C(C)C)N(C)C)ccc2s1. The zero-order valence-corrected chi connectivity index (χ0v) is 12.9. The Hall–Kier alpha value is -1.26. The molecular formula is C16H24N2OS. The second kappa shape index (κ2) is 6.46. The molecule has 0 bridgehead atoms. The van der Waals surface area contributed by atoms with Crippen molar-refractivity contribution in [1.82, 2.24) is 9.88 Å². The minimum atomic E-state index is -0.189. The number of likely N-dealkylation sites (N-methyl/N-ethyl adjacent to an activating group) is 1. The lowest BCUT2D eigenvalue weighted by Crippen LogP contribution is -2.30. The van der Waals surface area contributed by atoms with Gasteiger partial charge in [-0.15, -0.1) is 11.3 Å². The number of nitrogens with zero attached hydrogens (tertiary/aromatic N) is 2. The summed E-state index contributed by atoms with van der Waals surface area (Å²) in [4.78, 5) is 18.9. The van der Waals surface area contributed by atoms with Gasteiger partial charge in [-0.2, -0.15) is 0 Å². The zero-order valence-electron chi connectivity index (χ0n) is 12.1. The molecule has 0 saturated heterocycles. The second-order valence-corrected chi connectivity index (χ2v) is 6.62. The molecule has 2 aromatic rings. The highest BCUT2D eigenvalue weighted by Crippen LogP contribution is 2.28. The number of Topliss-reactive ketones (excluding diaryl/α,β-unsaturated/α-hetero) is 1. The molecule has 0 N–H and O–H groups in total. The van der Waals surface area contributed by atoms with E-state index in [9.17, 15) is 4.79 Å². The number of ketones is 1. The smallest absolute Gasteiger partial charge is 0.156 e. The minimum absolute atomic E-state index is 0. The van der Waals surface area contributed by atoms with E-state index in [1.807, 2.05) is 51.9 Å². The molecule has 3 nitrogen and oxygen atoms in total. The van der Waals surface area contributed by atoms with Crippen LogP contribution in [0.5, 0.6) is 0 Å². The molecule has 1 unspecified atom stereocenters. The van der Waals surface area contributed by atoms with Crippen LogP contribution in [0.25, 0.3) is 10.2 Å². The van der Waals surface area contributed by atoms with E-state index in [1.165, 1.54) is 4.70 Å². The van der Waals surface area contributed by atoms with Crippen molar-refractivity contribution in [1.29, 1.82) is 0 Å². The predicted molar refractivity (Wildman–Crippen MR) is 87.4 cm³/mol. The number of hydrogen-bond acceptors (Lipinski definition) is 4. The molecule has 1 aromatic heterocycles. The van der Waals surface area contributed by atoms with Crippen molar-refractivity contribution in [3.63, 3.8) is 0 Å². The first kappa shape index (κ1) is 16.8. The maximum atomic E-state index is 12.4. The molecule has 0 spiro atoms. The summed E-state index contributed by atoms with van der Waals surface area (Å²) in [5.74, 6) is 0.275. The highest BCUT2D eigenvalue weighted by Gasteiger charge is 2.25. The number of fused-ring (bicyclic) bond motifs is 1. The monoisotopic (exact) mass is 292 g/mol. The molecule has 20 heavy (non-hydrogen) atoms. The van der Waals surface area contributed by atoms with E-state index in [-0.39, 0.29) is 25.2 Å². The van der Waals surface area contributed by atoms with E-state index >= 15 is 0 Å². The molecule has 0 radical (unpaired) electrons. The van der Waals surface area contributed by atoms with Gasteiger partial charge in [0, 0.05) is 5.92 Å². The van der Waals surface area contributed by atoms with Crippen LogP contribution < -0.4 is 0 Å². The molecule has 0 aliphatic heterocycles. The van der Waals surface area contributed by atoms with E-state index in [0.29, 0.717) is 0 Å². The molecular weight excluding hydrogens is 268 g/mol. The standard InChI is InChI=1S/C15H20N2OS.CH4/c1-9(2)15(18)14(17(4)5)11-6-7-13-12(8-11)16-10(3)19-13;/h6-9,14H,1-5H3;1H4. The quantitative estimate of drug-likeness (QED) is 0.851. The number of carbonyl (C=O) groups is 1. The number of carbonyl (C=O) groups excluding carboxylic acids is 1. The average molecular weight is 292 g/mol. The summed E-state index contributed by atoms with van der Waals surface area (Å²) in [5.41, 5.74) is 2.02. The summed E-state index contributed by atoms with van der Waals surface area (Å²) < 4.78 is 1.18. The summed E-state index contributed by atoms with van der Waals surface area (Å²) in [6.07, 6.45) is 0. The second-order valence-electron chi connectivity index (χ2n) is 5.38. The Balaban J connectivity index is 0.00000200. The van der Waals surface area contributed by atoms with Crippen LogP contribution in [-0.2, 0) is 4.79 Å². The largest absolute Gasteiger partial charge is 0.297 e. The van der Waals surface area contributed by atoms with Crippen LogP contribution in [0.3, 0.4) is 0 Å². The number of aromatic nitrogens is 1. The lowest BCUT2D eigenvalue weighted by atomic mass is 9.94. The Kier molecular flexibility index (Phi) is 5.42. The Morgan fingerprint density at radius 2 is 1.95 bits per heavy atom. The van der Waals surface area contributed by atoms with Crippen molar-refractivity contribution < 1.29 is 4.79 Å². The van der Waals surface area contributed by atoms with Crippen LogP contribution in [-0.4, -0.2) is 29.8 Å². The van der Waals surface area contributed by atoms with Crippen LogP contribution in [0.2, 0.25) is 0 Å². The molecule has 4 heteroatoms. The van der Waals surface area contributed by atoms with Crippen molar-refractivity contribution in [2.45, 2.75) is 34.2 Å². The maximum Gasteiger partial charge on any atom is 0.156 e. The molecule has 0 fully saturated rings. The molecule has 0 aliphatic carbocycles. The van der Waals surface area contributed by atoms with E-state index in [1.54, 1.807) is 11.3 Å². The summed E-state index contributed by atoms with van der Waals surface area (Å²) >= 11 is 1.69. The summed E-state index contributed by atoms with van der Waals surface area (Å²) in [7, 11) is 3.89. The van der Waals surface area contributed by atoms with Gasteiger partial charge in [0.2, 0.25) is 0 Å². The van der Waals surface area contributed by atoms with Gasteiger partial charge in [0.1, 0.15) is 0 Å². The summed E-state index contributed by atoms with van der Waals surface area (Å²) in [5, 5.41) is 1.06. The van der Waals surface area contributed by atoms with Gasteiger partial charge in [-0.1, -0.05) is 27.3 Å². The van der Waals surface area contributed by atoms with Gasteiger partial charge in [0.15, 0.2) is 5.78 Å². The van der Waals surface area contributed by atoms with Crippen LogP contribution in [0.1, 0.15) is 37.9 Å². The topological polar surface area (TPSA) is 33.2 Å². The first-order chi connectivity index (χ1) is 8.90. The van der Waals surface area contributed by atoms with E-state index in [4.69, 9.17) is 0 Å². The molecule has 1 aromatic carbocycles. The van der Waals surface area contributed by atoms with Gasteiger partial charge in [-0.3, -0.25) is 9.69 Å². The Labute approximate surface area is 125 Å². The van der Waals surface area contributed by atoms with Crippen molar-refractivity contribution in [2.75, 3.05) is 14.1 Å². The van der Waals surface area contributed by atoms with Gasteiger partial charge in [0.25, 0.3) is 0 Å². The van der Waals surface area contributed by atoms with Gasteiger partial charge < -0.3 is 0 Å². The number of hydrogen-bond donors (Lipinski definition) is 0. The van der Waals surface area contributed by atoms with Crippen molar-refractivity contribution in [2.24, 2.45) is 5.92 Å². The molecule has 1 atom stereocenters. The number of benzene rings is 1. The van der Waals surface area contributed by atoms with Crippen molar-refractivity contribution in [3.8, 4) is 0 Å². The first-order valence-corrected chi connectivity index (χ1v) is 7.29. The molecule has 1 heterocycles. The fraction of sp³-hybridized carbons (Fsp3) is 0.500. The van der Waals surface area contributed by atoms with Crippen LogP contribution >= 0.6 is 11.3 Å². The third-order valence-corrected chi connectivity index (χ3v) is 4.14. The zero-order chi connectivity index (χ0) is 14.2. The summed E-state index contributed by atoms with van der Waals surface area (Å²) in [6, 6.07) is 5.97. The number of thiazole rings is 1. The van der Waals surface area contributed by atoms with Crippen LogP contribution in [0, 0.1) is 12.8 Å². The number of aryl methyl sites for hydroxylation is 1. The molecule has 110 valence electrons. The molecule has 0 saturated carbocycles. The van der Waals surface area contributed by atoms with E-state index in [0.717, 1.165) is 16.1 Å². The van der Waals surface area contributed by atoms with Gasteiger partial charge >= 0.3 is 0 Å². The normalized spacial score (nSPS) is 12.8. The van der Waals surface area contributed by atoms with Crippen molar-refractivity contribution >= 4 is 27.3 Å². The molecule has 0 aliphatic rings. The van der Waals surface area contributed by atoms with E-state index < -0.39 is 0 Å². The van der Waals surface area contributed by atoms with E-state index in [2.05, 4.69) is 11.1 Å². The Morgan fingerprint density at radius 1 is 1.30 bits per heavy atom. The minimum Gasteiger partial charge on any atom is -0.297 e. The van der Waals surface area contributed by atoms with Gasteiger partial charge in [0.05, 0.1) is 21.3 Å². The Morgan fingerprint density at radius 3 is 2.50 bits per heavy atom. The molecule has 2 rings (SSSR count). The predicted octanol–water partition coefficient (Wildman–Crippen LogP) is 4.07. The maximum absolute atomic E-state index is 12.4. The summed E-state index contributed by atoms with van der Waals surface area (Å²) in [6.45, 7) is 5.90. The van der Waals surface area contributed by atoms with Crippen molar-refractivity contribution in [3.05, 3.63) is 28.8 Å². The third kappa shape index (κ3) is 3.25. The lowest BCUT2D eigenvalue weighted by molar-refractivity contribution is -0.126. The highest BCUT2D eigenvalue weighted by atomic mass is 32.1. The first-order valence-electron chi connectivity index (χ1n) is 6.47.